The Morgan fingerprint density at radius 2 is 1.48 bits per heavy atom. The van der Waals surface area contributed by atoms with Gasteiger partial charge in [0.25, 0.3) is 0 Å². The summed E-state index contributed by atoms with van der Waals surface area (Å²) >= 11 is 0. The highest BCUT2D eigenvalue weighted by molar-refractivity contribution is 7.92. The molecule has 0 aliphatic heterocycles. The van der Waals surface area contributed by atoms with Crippen LogP contribution in [0.3, 0.4) is 0 Å². The molecule has 3 N–H and O–H groups in total. The number of rotatable bonds is 28. The number of carbonyl (C=O) groups excluding carboxylic acids is 2. The highest BCUT2D eigenvalue weighted by atomic mass is 32.2. The van der Waals surface area contributed by atoms with Gasteiger partial charge >= 0.3 is 0 Å². The molecular formula is C43H68FN5O6S. The summed E-state index contributed by atoms with van der Waals surface area (Å²) in [6.45, 7) is 6.61. The van der Waals surface area contributed by atoms with Crippen LogP contribution < -0.4 is 9.62 Å². The molecule has 1 aromatic carbocycles. The molecule has 0 bridgehead atoms. The Morgan fingerprint density at radius 3 is 2.07 bits per heavy atom. The maximum Gasteiger partial charge on any atom is 0.239 e. The summed E-state index contributed by atoms with van der Waals surface area (Å²) in [5.41, 5.74) is 1.86. The first kappa shape index (κ1) is 48.5. The second-order valence-corrected chi connectivity index (χ2v) is 17.1. The summed E-state index contributed by atoms with van der Waals surface area (Å²) in [6.07, 6.45) is 22.2. The van der Waals surface area contributed by atoms with Crippen LogP contribution in [-0.2, 0) is 19.6 Å². The average molecular weight is 802 g/mol. The Bertz CT molecular complexity index is 1630. The molecule has 2 amide bonds. The third-order valence-electron chi connectivity index (χ3n) is 9.67. The third-order valence-corrected chi connectivity index (χ3v) is 10.8. The van der Waals surface area contributed by atoms with E-state index in [1.165, 1.54) is 95.2 Å². The quantitative estimate of drug-likeness (QED) is 0.0580. The number of amides is 2. The fraction of sp³-hybridized carbons (Fsp3) is 0.628. The van der Waals surface area contributed by atoms with Crippen LogP contribution in [-0.4, -0.2) is 91.0 Å². The van der Waals surface area contributed by atoms with E-state index in [2.05, 4.69) is 34.4 Å². The Kier molecular flexibility index (Phi) is 22.7. The number of halogens is 1. The van der Waals surface area contributed by atoms with Gasteiger partial charge in [-0.25, -0.2) is 27.1 Å². The van der Waals surface area contributed by atoms with Gasteiger partial charge in [0, 0.05) is 51.2 Å². The van der Waals surface area contributed by atoms with E-state index in [0.717, 1.165) is 36.2 Å². The Hall–Kier alpha value is -3.68. The van der Waals surface area contributed by atoms with Crippen molar-refractivity contribution in [3.63, 3.8) is 0 Å². The van der Waals surface area contributed by atoms with Gasteiger partial charge in [-0.3, -0.25) is 9.59 Å². The standard InChI is InChI=1S/C43H68FN5O6S/c1-7-8-9-10-11-12-13-14-15-16-17-18-19-20-21-22-40(53)48(4)30-29-45-39(52)32-37(51)31-36(50)27-28-38-41(33(2)3)46-43(49(5)56(6,54)55)47-42(38)34-23-25-35(44)26-24-34/h14-15,23-28,33,36-37,50-51H,7-13,16-22,29-32H2,1-6H3,(H,45,52). The molecule has 2 unspecified atom stereocenters. The van der Waals surface area contributed by atoms with Gasteiger partial charge in [0.1, 0.15) is 5.82 Å². The Morgan fingerprint density at radius 1 is 0.893 bits per heavy atom. The number of hydrogen-bond donors (Lipinski definition) is 3. The van der Waals surface area contributed by atoms with Crippen molar-refractivity contribution in [3.05, 3.63) is 59.6 Å². The Balaban J connectivity index is 1.77. The van der Waals surface area contributed by atoms with Crippen molar-refractivity contribution >= 4 is 33.9 Å². The number of unbranched alkanes of at least 4 members (excludes halogenated alkanes) is 11. The van der Waals surface area contributed by atoms with Crippen LogP contribution in [0.5, 0.6) is 0 Å². The normalized spacial score (nSPS) is 13.1. The summed E-state index contributed by atoms with van der Waals surface area (Å²) in [7, 11) is -0.615. The van der Waals surface area contributed by atoms with Crippen LogP contribution in [0.15, 0.2) is 42.5 Å². The van der Waals surface area contributed by atoms with E-state index in [9.17, 15) is 32.6 Å². The van der Waals surface area contributed by atoms with Gasteiger partial charge in [-0.15, -0.1) is 0 Å². The molecule has 0 aliphatic carbocycles. The Labute approximate surface area is 335 Å². The van der Waals surface area contributed by atoms with Crippen LogP contribution in [0.25, 0.3) is 17.3 Å². The number of benzene rings is 1. The summed E-state index contributed by atoms with van der Waals surface area (Å²) in [5, 5.41) is 24.1. The zero-order chi connectivity index (χ0) is 41.5. The zero-order valence-electron chi connectivity index (χ0n) is 34.7. The maximum absolute atomic E-state index is 13.8. The summed E-state index contributed by atoms with van der Waals surface area (Å²) in [6, 6.07) is 5.59. The molecule has 11 nitrogen and oxygen atoms in total. The molecule has 2 rings (SSSR count). The van der Waals surface area contributed by atoms with Gasteiger partial charge in [-0.2, -0.15) is 0 Å². The van der Waals surface area contributed by atoms with Gasteiger partial charge in [-0.1, -0.05) is 96.4 Å². The first-order chi connectivity index (χ1) is 26.6. The second-order valence-electron chi connectivity index (χ2n) is 15.1. The summed E-state index contributed by atoms with van der Waals surface area (Å²) in [5.74, 6) is -1.04. The van der Waals surface area contributed by atoms with Gasteiger partial charge < -0.3 is 20.4 Å². The monoisotopic (exact) mass is 801 g/mol. The number of allylic oxidation sites excluding steroid dienone is 2. The van der Waals surface area contributed by atoms with Gasteiger partial charge in [0.05, 0.1) is 36.3 Å². The minimum Gasteiger partial charge on any atom is -0.392 e. The van der Waals surface area contributed by atoms with E-state index in [1.54, 1.807) is 18.0 Å². The van der Waals surface area contributed by atoms with Crippen LogP contribution in [0.2, 0.25) is 0 Å². The molecule has 13 heteroatoms. The molecular weight excluding hydrogens is 734 g/mol. The van der Waals surface area contributed by atoms with Crippen LogP contribution in [0.1, 0.15) is 141 Å². The van der Waals surface area contributed by atoms with Crippen LogP contribution in [0, 0.1) is 5.82 Å². The molecule has 0 fully saturated rings. The summed E-state index contributed by atoms with van der Waals surface area (Å²) in [4.78, 5) is 35.7. The number of sulfonamides is 1. The molecule has 0 radical (unpaired) electrons. The number of carbonyl (C=O) groups is 2. The molecule has 2 aromatic rings. The van der Waals surface area contributed by atoms with E-state index in [-0.39, 0.29) is 37.2 Å². The van der Waals surface area contributed by atoms with Crippen molar-refractivity contribution in [2.75, 3.05) is 37.7 Å². The number of nitrogens with one attached hydrogen (secondary N) is 1. The van der Waals surface area contributed by atoms with E-state index >= 15 is 0 Å². The number of nitrogens with zero attached hydrogens (tertiary/aromatic N) is 4. The average Bonchev–Trinajstić information content (AvgIpc) is 3.14. The zero-order valence-corrected chi connectivity index (χ0v) is 35.5. The molecule has 314 valence electrons. The van der Waals surface area contributed by atoms with Gasteiger partial charge in [0.15, 0.2) is 0 Å². The molecule has 0 spiro atoms. The summed E-state index contributed by atoms with van der Waals surface area (Å²) < 4.78 is 39.3. The van der Waals surface area contributed by atoms with Crippen LogP contribution in [0.4, 0.5) is 10.3 Å². The second kappa shape index (κ2) is 26.3. The molecule has 1 heterocycles. The third kappa shape index (κ3) is 19.0. The predicted octanol–water partition coefficient (Wildman–Crippen LogP) is 7.93. The minimum atomic E-state index is -3.68. The molecule has 0 saturated heterocycles. The number of anilines is 1. The molecule has 2 atom stereocenters. The minimum absolute atomic E-state index is 0.0393. The first-order valence-corrected chi connectivity index (χ1v) is 22.3. The fourth-order valence-electron chi connectivity index (χ4n) is 6.16. The van der Waals surface area contributed by atoms with E-state index in [0.29, 0.717) is 35.5 Å². The highest BCUT2D eigenvalue weighted by Gasteiger charge is 2.23. The molecule has 56 heavy (non-hydrogen) atoms. The van der Waals surface area contributed by atoms with E-state index < -0.39 is 34.0 Å². The highest BCUT2D eigenvalue weighted by Crippen LogP contribution is 2.32. The predicted molar refractivity (Wildman–Crippen MR) is 225 cm³/mol. The van der Waals surface area contributed by atoms with Gasteiger partial charge in [-0.05, 0) is 62.3 Å². The smallest absolute Gasteiger partial charge is 0.239 e. The lowest BCUT2D eigenvalue weighted by molar-refractivity contribution is -0.130. The number of aliphatic hydroxyl groups is 2. The lowest BCUT2D eigenvalue weighted by Gasteiger charge is -2.20. The van der Waals surface area contributed by atoms with Crippen molar-refractivity contribution in [3.8, 4) is 11.3 Å². The van der Waals surface area contributed by atoms with Crippen molar-refractivity contribution < 1.29 is 32.6 Å². The largest absolute Gasteiger partial charge is 0.392 e. The number of aliphatic hydroxyl groups excluding tert-OH is 2. The SMILES string of the molecule is CCCCCCCCC=CCCCCCCCC(=O)N(C)CCNC(=O)CC(O)CC(O)C=Cc1c(-c2ccc(F)cc2)nc(N(C)S(C)(=O)=O)nc1C(C)C. The van der Waals surface area contributed by atoms with Crippen LogP contribution >= 0.6 is 0 Å². The maximum atomic E-state index is 13.8. The first-order valence-electron chi connectivity index (χ1n) is 20.5. The topological polar surface area (TPSA) is 153 Å². The van der Waals surface area contributed by atoms with Crippen molar-refractivity contribution in [1.82, 2.24) is 20.2 Å². The lowest BCUT2D eigenvalue weighted by Crippen LogP contribution is -2.37. The molecule has 1 aromatic heterocycles. The number of hydrogen-bond acceptors (Lipinski definition) is 8. The lowest BCUT2D eigenvalue weighted by atomic mass is 9.97. The molecule has 0 aliphatic rings. The van der Waals surface area contributed by atoms with Crippen molar-refractivity contribution in [2.24, 2.45) is 0 Å². The number of likely N-dealkylation sites (N-methyl/N-ethyl adjacent to an activating group) is 1. The number of aromatic nitrogens is 2. The van der Waals surface area contributed by atoms with E-state index in [1.807, 2.05) is 13.8 Å². The van der Waals surface area contributed by atoms with Gasteiger partial charge in [0.2, 0.25) is 27.8 Å². The van der Waals surface area contributed by atoms with Crippen molar-refractivity contribution in [2.45, 2.75) is 142 Å². The van der Waals surface area contributed by atoms with Crippen molar-refractivity contribution in [1.29, 1.82) is 0 Å². The molecule has 0 saturated carbocycles. The fourth-order valence-corrected chi connectivity index (χ4v) is 6.53. The van der Waals surface area contributed by atoms with E-state index in [4.69, 9.17) is 0 Å².